The lowest BCUT2D eigenvalue weighted by atomic mass is 9.50. The van der Waals surface area contributed by atoms with E-state index in [0.29, 0.717) is 11.8 Å². The first-order chi connectivity index (χ1) is 11.3. The molecular formula is C21H28O3. The van der Waals surface area contributed by atoms with E-state index >= 15 is 0 Å². The molecule has 1 aliphatic heterocycles. The van der Waals surface area contributed by atoms with Crippen molar-refractivity contribution in [2.24, 2.45) is 11.3 Å². The van der Waals surface area contributed by atoms with E-state index in [1.807, 2.05) is 0 Å². The number of benzene rings is 1. The molecule has 3 aliphatic rings. The van der Waals surface area contributed by atoms with Crippen LogP contribution in [-0.4, -0.2) is 13.1 Å². The van der Waals surface area contributed by atoms with Crippen LogP contribution >= 0.6 is 0 Å². The van der Waals surface area contributed by atoms with Crippen LogP contribution in [0.2, 0.25) is 0 Å². The largest absolute Gasteiger partial charge is 0.493 e. The van der Waals surface area contributed by atoms with E-state index < -0.39 is 5.41 Å². The second-order valence-corrected chi connectivity index (χ2v) is 8.81. The fraction of sp³-hybridized carbons (Fsp3) is 0.667. The summed E-state index contributed by atoms with van der Waals surface area (Å²) >= 11 is 0. The normalized spacial score (nSPS) is 29.9. The van der Waals surface area contributed by atoms with E-state index in [1.165, 1.54) is 12.0 Å². The van der Waals surface area contributed by atoms with Gasteiger partial charge in [0.2, 0.25) is 0 Å². The number of methoxy groups -OCH3 is 1. The van der Waals surface area contributed by atoms with E-state index in [1.54, 1.807) is 7.11 Å². The van der Waals surface area contributed by atoms with Crippen molar-refractivity contribution in [2.45, 2.75) is 71.1 Å². The van der Waals surface area contributed by atoms with Gasteiger partial charge in [-0.1, -0.05) is 40.2 Å². The smallest absolute Gasteiger partial charge is 0.322 e. The molecule has 130 valence electrons. The minimum atomic E-state index is -0.437. The van der Waals surface area contributed by atoms with Gasteiger partial charge < -0.3 is 9.47 Å². The molecule has 1 heterocycles. The van der Waals surface area contributed by atoms with E-state index in [0.717, 1.165) is 48.3 Å². The van der Waals surface area contributed by atoms with E-state index in [2.05, 4.69) is 33.8 Å². The van der Waals surface area contributed by atoms with E-state index in [-0.39, 0.29) is 11.4 Å². The number of esters is 1. The zero-order valence-corrected chi connectivity index (χ0v) is 15.5. The van der Waals surface area contributed by atoms with Gasteiger partial charge in [-0.3, -0.25) is 4.79 Å². The number of carbonyl (C=O) groups excluding carboxylic acids is 1. The third kappa shape index (κ3) is 1.81. The highest BCUT2D eigenvalue weighted by Crippen LogP contribution is 2.64. The van der Waals surface area contributed by atoms with Gasteiger partial charge in [0.25, 0.3) is 0 Å². The van der Waals surface area contributed by atoms with Gasteiger partial charge in [-0.25, -0.2) is 0 Å². The van der Waals surface area contributed by atoms with Gasteiger partial charge in [0.05, 0.1) is 7.11 Å². The number of carbonyl (C=O) groups is 1. The highest BCUT2D eigenvalue weighted by molar-refractivity contribution is 5.94. The molecule has 0 unspecified atom stereocenters. The Hall–Kier alpha value is -1.51. The SMILES string of the molecule is COc1c(C(C)C)cc2c3c1OC(=O)[C@@]31CCCC(C)(C)[C@@H]1CC2. The van der Waals surface area contributed by atoms with Crippen LogP contribution in [0.15, 0.2) is 6.07 Å². The molecule has 24 heavy (non-hydrogen) atoms. The molecule has 2 aliphatic carbocycles. The van der Waals surface area contributed by atoms with Crippen molar-refractivity contribution in [2.75, 3.05) is 7.11 Å². The molecule has 1 aromatic carbocycles. The molecule has 1 spiro atoms. The van der Waals surface area contributed by atoms with Gasteiger partial charge in [0, 0.05) is 11.1 Å². The zero-order chi connectivity index (χ0) is 17.3. The molecule has 3 nitrogen and oxygen atoms in total. The maximum absolute atomic E-state index is 13.2. The molecule has 0 N–H and O–H groups in total. The van der Waals surface area contributed by atoms with E-state index in [4.69, 9.17) is 9.47 Å². The number of rotatable bonds is 2. The van der Waals surface area contributed by atoms with Gasteiger partial charge in [0.1, 0.15) is 5.41 Å². The Morgan fingerprint density at radius 3 is 2.71 bits per heavy atom. The second kappa shape index (κ2) is 5.00. The Morgan fingerprint density at radius 1 is 1.29 bits per heavy atom. The lowest BCUT2D eigenvalue weighted by Crippen LogP contribution is -2.52. The minimum absolute atomic E-state index is 0.0320. The molecule has 4 rings (SSSR count). The van der Waals surface area contributed by atoms with Crippen molar-refractivity contribution in [3.8, 4) is 11.5 Å². The van der Waals surface area contributed by atoms with Crippen LogP contribution in [0.3, 0.4) is 0 Å². The molecule has 0 amide bonds. The van der Waals surface area contributed by atoms with Crippen LogP contribution in [0.5, 0.6) is 11.5 Å². The molecular weight excluding hydrogens is 300 g/mol. The summed E-state index contributed by atoms with van der Waals surface area (Å²) < 4.78 is 11.7. The summed E-state index contributed by atoms with van der Waals surface area (Å²) in [6.45, 7) is 8.99. The fourth-order valence-electron chi connectivity index (χ4n) is 5.74. The molecule has 3 heteroatoms. The molecule has 0 radical (unpaired) electrons. The first kappa shape index (κ1) is 16.0. The Bertz CT molecular complexity index is 716. The molecule has 0 bridgehead atoms. The number of hydrogen-bond acceptors (Lipinski definition) is 3. The third-order valence-corrected chi connectivity index (χ3v) is 6.81. The van der Waals surface area contributed by atoms with Crippen LogP contribution in [0.1, 0.15) is 76.0 Å². The van der Waals surface area contributed by atoms with Crippen molar-refractivity contribution in [3.05, 3.63) is 22.8 Å². The topological polar surface area (TPSA) is 35.5 Å². The summed E-state index contributed by atoms with van der Waals surface area (Å²) in [4.78, 5) is 13.2. The minimum Gasteiger partial charge on any atom is -0.493 e. The first-order valence-electron chi connectivity index (χ1n) is 9.29. The highest BCUT2D eigenvalue weighted by atomic mass is 16.6. The van der Waals surface area contributed by atoms with Crippen LogP contribution < -0.4 is 9.47 Å². The van der Waals surface area contributed by atoms with Crippen molar-refractivity contribution >= 4 is 5.97 Å². The number of hydrogen-bond donors (Lipinski definition) is 0. The maximum Gasteiger partial charge on any atom is 0.322 e. The monoisotopic (exact) mass is 328 g/mol. The quantitative estimate of drug-likeness (QED) is 0.580. The summed E-state index contributed by atoms with van der Waals surface area (Å²) in [6, 6.07) is 2.28. The standard InChI is InChI=1S/C21H28O3/c1-12(2)14-11-13-7-8-15-20(3,4)9-6-10-21(15)16(13)18(17(14)23-5)24-19(21)22/h11-12,15H,6-10H2,1-5H3/t15-,21+/m0/s1. The molecule has 0 aromatic heterocycles. The Kier molecular flexibility index (Phi) is 3.33. The van der Waals surface area contributed by atoms with Crippen molar-refractivity contribution in [1.82, 2.24) is 0 Å². The summed E-state index contributed by atoms with van der Waals surface area (Å²) in [5, 5.41) is 0. The average molecular weight is 328 g/mol. The molecule has 0 saturated heterocycles. The van der Waals surface area contributed by atoms with Crippen molar-refractivity contribution in [3.63, 3.8) is 0 Å². The Morgan fingerprint density at radius 2 is 2.04 bits per heavy atom. The predicted molar refractivity (Wildman–Crippen MR) is 93.8 cm³/mol. The molecule has 1 aromatic rings. The zero-order valence-electron chi connectivity index (χ0n) is 15.5. The number of ether oxygens (including phenoxy) is 2. The Labute approximate surface area is 144 Å². The van der Waals surface area contributed by atoms with Gasteiger partial charge in [-0.15, -0.1) is 0 Å². The maximum atomic E-state index is 13.2. The van der Waals surface area contributed by atoms with Gasteiger partial charge >= 0.3 is 5.97 Å². The summed E-state index contributed by atoms with van der Waals surface area (Å²) in [5.74, 6) is 2.19. The third-order valence-electron chi connectivity index (χ3n) is 6.81. The summed E-state index contributed by atoms with van der Waals surface area (Å²) in [7, 11) is 1.69. The Balaban J connectivity index is 2.00. The lowest BCUT2D eigenvalue weighted by Gasteiger charge is -2.51. The van der Waals surface area contributed by atoms with Crippen LogP contribution in [0.25, 0.3) is 0 Å². The highest BCUT2D eigenvalue weighted by Gasteiger charge is 2.62. The summed E-state index contributed by atoms with van der Waals surface area (Å²) in [5.41, 5.74) is 3.38. The van der Waals surface area contributed by atoms with Crippen LogP contribution in [-0.2, 0) is 16.6 Å². The molecule has 2 atom stereocenters. The van der Waals surface area contributed by atoms with Crippen LogP contribution in [0, 0.1) is 11.3 Å². The fourth-order valence-corrected chi connectivity index (χ4v) is 5.74. The summed E-state index contributed by atoms with van der Waals surface area (Å²) in [6.07, 6.45) is 5.32. The predicted octanol–water partition coefficient (Wildman–Crippen LogP) is 4.75. The van der Waals surface area contributed by atoms with Crippen molar-refractivity contribution < 1.29 is 14.3 Å². The first-order valence-corrected chi connectivity index (χ1v) is 9.29. The van der Waals surface area contributed by atoms with E-state index in [9.17, 15) is 4.79 Å². The lowest BCUT2D eigenvalue weighted by molar-refractivity contribution is -0.145. The van der Waals surface area contributed by atoms with Crippen molar-refractivity contribution in [1.29, 1.82) is 0 Å². The number of aryl methyl sites for hydroxylation is 1. The average Bonchev–Trinajstić information content (AvgIpc) is 2.81. The van der Waals surface area contributed by atoms with Gasteiger partial charge in [-0.2, -0.15) is 0 Å². The van der Waals surface area contributed by atoms with Gasteiger partial charge in [0.15, 0.2) is 11.5 Å². The molecule has 1 fully saturated rings. The second-order valence-electron chi connectivity index (χ2n) is 8.81. The van der Waals surface area contributed by atoms with Gasteiger partial charge in [-0.05, 0) is 48.5 Å². The molecule has 1 saturated carbocycles. The van der Waals surface area contributed by atoms with Crippen LogP contribution in [0.4, 0.5) is 0 Å².